The number of aliphatic hydroxyl groups excluding tert-OH is 5. The molecule has 8 nitrogen and oxygen atoms in total. The Morgan fingerprint density at radius 2 is 1.95 bits per heavy atom. The average molecular weight is 319 g/mol. The third-order valence-electron chi connectivity index (χ3n) is 4.45. The molecule has 1 rings (SSSR count). The Labute approximate surface area is 128 Å². The number of nitrogens with zero attached hydrogens (tertiary/aromatic N) is 1. The molecule has 0 spiro atoms. The Morgan fingerprint density at radius 1 is 1.41 bits per heavy atom. The van der Waals surface area contributed by atoms with Gasteiger partial charge in [0.2, 0.25) is 5.91 Å². The number of aliphatic hydroxyl groups is 6. The van der Waals surface area contributed by atoms with E-state index in [1.165, 1.54) is 18.9 Å². The molecule has 0 bridgehead atoms. The minimum atomic E-state index is -1.84. The van der Waals surface area contributed by atoms with Crippen molar-refractivity contribution >= 4 is 5.91 Å². The number of rotatable bonds is 5. The number of hydrogen-bond donors (Lipinski definition) is 6. The molecule has 1 aliphatic carbocycles. The van der Waals surface area contributed by atoms with Gasteiger partial charge in [-0.1, -0.05) is 6.58 Å². The normalized spacial score (nSPS) is 34.8. The predicted octanol–water partition coefficient (Wildman–Crippen LogP) is -1.88. The maximum atomic E-state index is 11.6. The standard InChI is InChI=1S/C14H25NO7/c1-7(17)14(22)4-9(13(21)11(20)6-16)12(10(19)5-14)15(3)8(2)18/h9-13,16-17,19-22H,1,4-6H2,2-3H3/t9-,10+,11?,12+,13+,14-/m1/s1. The summed E-state index contributed by atoms with van der Waals surface area (Å²) in [5, 5.41) is 59.0. The molecule has 128 valence electrons. The van der Waals surface area contributed by atoms with Crippen molar-refractivity contribution in [3.05, 3.63) is 12.3 Å². The van der Waals surface area contributed by atoms with Crippen LogP contribution in [0.3, 0.4) is 0 Å². The highest BCUT2D eigenvalue weighted by atomic mass is 16.4. The smallest absolute Gasteiger partial charge is 0.219 e. The van der Waals surface area contributed by atoms with Crippen molar-refractivity contribution in [2.24, 2.45) is 5.92 Å². The summed E-state index contributed by atoms with van der Waals surface area (Å²) in [5.74, 6) is -1.90. The molecule has 0 heterocycles. The van der Waals surface area contributed by atoms with Crippen LogP contribution in [0, 0.1) is 5.92 Å². The molecule has 1 saturated carbocycles. The molecule has 6 N–H and O–H groups in total. The Bertz CT molecular complexity index is 429. The zero-order valence-corrected chi connectivity index (χ0v) is 12.8. The van der Waals surface area contributed by atoms with Gasteiger partial charge in [-0.05, 0) is 6.42 Å². The Kier molecular flexibility index (Phi) is 5.94. The summed E-state index contributed by atoms with van der Waals surface area (Å²) in [6, 6.07) is -0.881. The molecule has 1 unspecified atom stereocenters. The Hall–Kier alpha value is -1.19. The first-order valence-electron chi connectivity index (χ1n) is 7.04. The van der Waals surface area contributed by atoms with E-state index in [0.29, 0.717) is 0 Å². The van der Waals surface area contributed by atoms with E-state index in [2.05, 4.69) is 6.58 Å². The van der Waals surface area contributed by atoms with Gasteiger partial charge in [0.15, 0.2) is 0 Å². The number of carbonyl (C=O) groups is 1. The maximum absolute atomic E-state index is 11.6. The van der Waals surface area contributed by atoms with Crippen LogP contribution in [-0.2, 0) is 4.79 Å². The molecule has 1 aliphatic rings. The average Bonchev–Trinajstić information content (AvgIpc) is 2.43. The minimum Gasteiger partial charge on any atom is -0.510 e. The summed E-state index contributed by atoms with van der Waals surface area (Å²) in [6.07, 6.45) is -4.74. The number of carbonyl (C=O) groups excluding carboxylic acids is 1. The van der Waals surface area contributed by atoms with Gasteiger partial charge in [0.25, 0.3) is 0 Å². The summed E-state index contributed by atoms with van der Waals surface area (Å²) < 4.78 is 0. The second-order valence-corrected chi connectivity index (χ2v) is 5.98. The van der Waals surface area contributed by atoms with Crippen LogP contribution in [0.15, 0.2) is 12.3 Å². The van der Waals surface area contributed by atoms with E-state index in [1.54, 1.807) is 0 Å². The zero-order chi connectivity index (χ0) is 17.2. The zero-order valence-electron chi connectivity index (χ0n) is 12.8. The van der Waals surface area contributed by atoms with E-state index < -0.39 is 48.2 Å². The van der Waals surface area contributed by atoms with Crippen molar-refractivity contribution in [2.75, 3.05) is 13.7 Å². The lowest BCUT2D eigenvalue weighted by Crippen LogP contribution is -2.61. The van der Waals surface area contributed by atoms with Crippen LogP contribution in [0.5, 0.6) is 0 Å². The van der Waals surface area contributed by atoms with Crippen molar-refractivity contribution in [3.63, 3.8) is 0 Å². The molecule has 8 heteroatoms. The highest BCUT2D eigenvalue weighted by Gasteiger charge is 2.51. The third kappa shape index (κ3) is 3.58. The van der Waals surface area contributed by atoms with Crippen LogP contribution in [0.25, 0.3) is 0 Å². The fourth-order valence-electron chi connectivity index (χ4n) is 3.05. The van der Waals surface area contributed by atoms with E-state index in [9.17, 15) is 30.3 Å². The first-order chi connectivity index (χ1) is 10.0. The van der Waals surface area contributed by atoms with E-state index in [4.69, 9.17) is 5.11 Å². The molecule has 0 aliphatic heterocycles. The monoisotopic (exact) mass is 319 g/mol. The second-order valence-electron chi connectivity index (χ2n) is 5.98. The Balaban J connectivity index is 3.19. The topological polar surface area (TPSA) is 142 Å². The SMILES string of the molecule is C=C(O)[C@@]1(O)C[C@@H]([C@H](O)C(O)CO)[C@H](N(C)C(C)=O)[C@@H](O)C1. The Morgan fingerprint density at radius 3 is 2.36 bits per heavy atom. The number of amides is 1. The molecular weight excluding hydrogens is 294 g/mol. The second kappa shape index (κ2) is 6.93. The summed E-state index contributed by atoms with van der Waals surface area (Å²) in [6.45, 7) is 3.83. The van der Waals surface area contributed by atoms with Gasteiger partial charge in [-0.25, -0.2) is 0 Å². The van der Waals surface area contributed by atoms with Crippen molar-refractivity contribution in [1.82, 2.24) is 4.90 Å². The van der Waals surface area contributed by atoms with Crippen molar-refractivity contribution in [2.45, 2.75) is 49.7 Å². The molecule has 0 radical (unpaired) electrons. The van der Waals surface area contributed by atoms with E-state index >= 15 is 0 Å². The largest absolute Gasteiger partial charge is 0.510 e. The highest BCUT2D eigenvalue weighted by Crippen LogP contribution is 2.40. The molecule has 1 amide bonds. The van der Waals surface area contributed by atoms with Gasteiger partial charge >= 0.3 is 0 Å². The molecule has 0 aromatic heterocycles. The lowest BCUT2D eigenvalue weighted by atomic mass is 9.69. The summed E-state index contributed by atoms with van der Waals surface area (Å²) >= 11 is 0. The summed E-state index contributed by atoms with van der Waals surface area (Å²) in [4.78, 5) is 12.8. The third-order valence-corrected chi connectivity index (χ3v) is 4.45. The van der Waals surface area contributed by atoms with E-state index in [0.717, 1.165) is 0 Å². The predicted molar refractivity (Wildman–Crippen MR) is 76.8 cm³/mol. The molecule has 22 heavy (non-hydrogen) atoms. The van der Waals surface area contributed by atoms with Crippen molar-refractivity contribution < 1.29 is 35.4 Å². The van der Waals surface area contributed by atoms with Crippen LogP contribution in [-0.4, -0.2) is 85.1 Å². The van der Waals surface area contributed by atoms with Crippen molar-refractivity contribution in [3.8, 4) is 0 Å². The minimum absolute atomic E-state index is 0.222. The molecular formula is C14H25NO7. The summed E-state index contributed by atoms with van der Waals surface area (Å²) in [5.41, 5.74) is -1.84. The highest BCUT2D eigenvalue weighted by molar-refractivity contribution is 5.73. The lowest BCUT2D eigenvalue weighted by Gasteiger charge is -2.48. The molecule has 0 aromatic rings. The lowest BCUT2D eigenvalue weighted by molar-refractivity contribution is -0.160. The van der Waals surface area contributed by atoms with E-state index in [1.807, 2.05) is 0 Å². The first-order valence-corrected chi connectivity index (χ1v) is 7.04. The van der Waals surface area contributed by atoms with Gasteiger partial charge in [-0.15, -0.1) is 0 Å². The van der Waals surface area contributed by atoms with Crippen LogP contribution < -0.4 is 0 Å². The number of likely N-dealkylation sites (N-methyl/N-ethyl adjacent to an activating group) is 1. The molecule has 6 atom stereocenters. The van der Waals surface area contributed by atoms with Crippen LogP contribution in [0.1, 0.15) is 19.8 Å². The van der Waals surface area contributed by atoms with Gasteiger partial charge in [0.05, 0.1) is 24.9 Å². The first kappa shape index (κ1) is 18.9. The fraction of sp³-hybridized carbons (Fsp3) is 0.786. The molecule has 0 saturated heterocycles. The van der Waals surface area contributed by atoms with Crippen LogP contribution >= 0.6 is 0 Å². The molecule has 0 aromatic carbocycles. The van der Waals surface area contributed by atoms with Gasteiger partial charge in [-0.2, -0.15) is 0 Å². The fourth-order valence-corrected chi connectivity index (χ4v) is 3.05. The maximum Gasteiger partial charge on any atom is 0.219 e. The van der Waals surface area contributed by atoms with Crippen molar-refractivity contribution in [1.29, 1.82) is 0 Å². The van der Waals surface area contributed by atoms with Gasteiger partial charge < -0.3 is 35.5 Å². The quantitative estimate of drug-likeness (QED) is 0.326. The number of hydrogen-bond acceptors (Lipinski definition) is 7. The summed E-state index contributed by atoms with van der Waals surface area (Å²) in [7, 11) is 1.43. The van der Waals surface area contributed by atoms with Gasteiger partial charge in [-0.3, -0.25) is 4.79 Å². The molecule has 1 fully saturated rings. The van der Waals surface area contributed by atoms with Gasteiger partial charge in [0.1, 0.15) is 17.5 Å². The van der Waals surface area contributed by atoms with Gasteiger partial charge in [0, 0.05) is 26.3 Å². The van der Waals surface area contributed by atoms with Crippen LogP contribution in [0.4, 0.5) is 0 Å². The van der Waals surface area contributed by atoms with Crippen LogP contribution in [0.2, 0.25) is 0 Å². The van der Waals surface area contributed by atoms with E-state index in [-0.39, 0.29) is 18.7 Å².